The Bertz CT molecular complexity index is 5800. The number of carbonyl (C=O) groups is 3. The second-order valence-corrected chi connectivity index (χ2v) is 66.5. The van der Waals surface area contributed by atoms with Crippen molar-refractivity contribution in [2.75, 3.05) is 41.2 Å². The summed E-state index contributed by atoms with van der Waals surface area (Å²) >= 11 is -22.4. The average molecular weight is 2400 g/mol. The molecule has 3 unspecified atom stereocenters. The Labute approximate surface area is 755 Å². The van der Waals surface area contributed by atoms with Gasteiger partial charge < -0.3 is 0 Å². The van der Waals surface area contributed by atoms with Gasteiger partial charge in [0.05, 0.1) is 0 Å². The van der Waals surface area contributed by atoms with E-state index >= 15 is 0 Å². The molecule has 3 fully saturated rings. The fourth-order valence-electron chi connectivity index (χ4n) is 15.0. The molecular weight excluding hydrogens is 2320 g/mol. The normalized spacial score (nSPS) is 21.7. The van der Waals surface area contributed by atoms with Crippen LogP contribution in [0, 0.1) is 17.5 Å². The topological polar surface area (TPSA) is 276 Å². The molecule has 5 spiro atoms. The summed E-state index contributed by atoms with van der Waals surface area (Å²) in [5, 5.41) is 0. The van der Waals surface area contributed by atoms with E-state index < -0.39 is 153 Å². The number of hydrogen-bond donors (Lipinski definition) is 0. The molecule has 0 radical (unpaired) electrons. The number of hydrogen-bond acceptors (Lipinski definition) is 24. The Morgan fingerprint density at radius 1 is 0.344 bits per heavy atom. The van der Waals surface area contributed by atoms with Crippen LogP contribution in [-0.2, 0) is 119 Å². The van der Waals surface area contributed by atoms with Crippen LogP contribution < -0.4 is 63.3 Å². The first-order chi connectivity index (χ1) is 60.8. The molecule has 14 heterocycles. The Balaban J connectivity index is 0.000000101. The molecule has 0 aliphatic carbocycles. The molecule has 0 bridgehead atoms. The van der Waals surface area contributed by atoms with E-state index in [1.165, 1.54) is 104 Å². The van der Waals surface area contributed by atoms with Gasteiger partial charge >= 0.3 is 763 Å². The van der Waals surface area contributed by atoms with Crippen molar-refractivity contribution in [1.82, 2.24) is 0 Å². The molecule has 25 rings (SSSR count). The molecule has 11 aromatic rings. The van der Waals surface area contributed by atoms with Gasteiger partial charge in [-0.1, -0.05) is 0 Å². The molecule has 0 aromatic heterocycles. The summed E-state index contributed by atoms with van der Waals surface area (Å²) in [5.74, 6) is 0.410. The zero-order chi connectivity index (χ0) is 86.6. The van der Waals surface area contributed by atoms with Crippen LogP contribution in [0.25, 0.3) is 0 Å². The molecule has 0 amide bonds. The molecule has 0 N–H and O–H groups in total. The fourth-order valence-corrected chi connectivity index (χ4v) is 53.7. The molecule has 3 saturated heterocycles. The fraction of sp³-hybridized carbons (Fsp3) is 0.225. The number of rotatable bonds is 3. The standard InChI is InChI=1S/C16H16O4Se.C14H10F2O2Se.C14H8O4Se.C14H12O2Se.C8H8O3Se.C7H5FO2Se.C7H4O3Se.C6H12O2Te.C3H6O2Te/c1-17-13-3-5-15-11(7-13)9-19-21(15)16-6-4-14(18-2)8-12(16)10-20-21;15-11-1-3-13-9(5-11)7-17-19(13)14-4-2-12(16)6-10(14)8-18-19;15-13-9-5-1-3-7-11(9)19(17-13)12-8-4-2-6-10(12)14(16)18-19;1-3-7-13-11(5-1)9-15-17(13)14-8-4-2-6-12(14)10-16-17;1-10-7-2-3-8-6(4-7)5-11-12(8)9;8-6-1-2-7-5(3-6)4-10-11(7)9;8-7-5-3-1-2-4-6(5)11(9)10-7;1-3-7-9(5-1)6-2-4-8-9;4-6-3-1-2-5-6/h3-8H,9-10H2,1-2H3;1-6H,7-8H2;1-8H;1-8H,9-10H2;2-4H,5H2,1H3;1-3H,4H2;1-4H;1-6H2;1-3H2. The monoisotopic (exact) mass is 2410 g/mol. The molecular formula is C89H81F3O24Se7Te2. The van der Waals surface area contributed by atoms with Gasteiger partial charge in [0, 0.05) is 0 Å². The van der Waals surface area contributed by atoms with E-state index in [0.717, 1.165) is 92.5 Å². The first-order valence-electron chi connectivity index (χ1n) is 39.1. The molecule has 125 heavy (non-hydrogen) atoms. The second-order valence-electron chi connectivity index (χ2n) is 28.5. The number of fused-ring (bicyclic) bond motifs is 19. The van der Waals surface area contributed by atoms with E-state index in [0.29, 0.717) is 78.5 Å². The number of ether oxygens (including phenoxy) is 3. The minimum atomic E-state index is -3.35. The first-order valence-corrected chi connectivity index (χ1v) is 67.0. The van der Waals surface area contributed by atoms with Gasteiger partial charge in [-0.05, 0) is 0 Å². The van der Waals surface area contributed by atoms with Crippen LogP contribution >= 0.6 is 0 Å². The minimum absolute atomic E-state index is 0.270. The third kappa shape index (κ3) is 18.5. The first kappa shape index (κ1) is 90.0. The number of benzene rings is 11. The Morgan fingerprint density at radius 3 is 1.12 bits per heavy atom. The number of halogens is 3. The van der Waals surface area contributed by atoms with E-state index in [1.54, 1.807) is 82.0 Å². The van der Waals surface area contributed by atoms with Gasteiger partial charge in [0.1, 0.15) is 0 Å². The van der Waals surface area contributed by atoms with Crippen LogP contribution in [0.1, 0.15) is 94.8 Å². The molecule has 656 valence electrons. The van der Waals surface area contributed by atoms with Crippen LogP contribution in [0.2, 0.25) is 13.4 Å². The van der Waals surface area contributed by atoms with Crippen molar-refractivity contribution in [3.8, 4) is 17.2 Å². The van der Waals surface area contributed by atoms with E-state index in [4.69, 9.17) is 61.7 Å². The number of methoxy groups -OCH3 is 3. The van der Waals surface area contributed by atoms with Gasteiger partial charge in [-0.3, -0.25) is 0 Å². The van der Waals surface area contributed by atoms with Crippen molar-refractivity contribution in [1.29, 1.82) is 0 Å². The van der Waals surface area contributed by atoms with Gasteiger partial charge in [0.15, 0.2) is 0 Å². The third-order valence-electron chi connectivity index (χ3n) is 20.9. The zero-order valence-corrected chi connectivity index (χ0v) is 83.7. The Hall–Kier alpha value is -7.00. The van der Waals surface area contributed by atoms with Crippen LogP contribution in [0.3, 0.4) is 0 Å². The van der Waals surface area contributed by atoms with E-state index in [9.17, 15) is 42.2 Å². The summed E-state index contributed by atoms with van der Waals surface area (Å²) in [6.45, 7) is 6.80. The van der Waals surface area contributed by atoms with Crippen molar-refractivity contribution >= 4 is 202 Å². The van der Waals surface area contributed by atoms with Gasteiger partial charge in [0.2, 0.25) is 0 Å². The summed E-state index contributed by atoms with van der Waals surface area (Å²) in [5.41, 5.74) is 9.82. The maximum absolute atomic E-state index is 13.3. The second kappa shape index (κ2) is 39.4. The molecule has 14 aliphatic rings. The molecule has 36 heteroatoms. The van der Waals surface area contributed by atoms with Crippen molar-refractivity contribution in [3.05, 3.63) is 309 Å². The molecule has 0 saturated carbocycles. The summed E-state index contributed by atoms with van der Waals surface area (Å²) in [7, 11) is 4.97. The Kier molecular flexibility index (Phi) is 28.3. The summed E-state index contributed by atoms with van der Waals surface area (Å²) < 4.78 is 191. The summed E-state index contributed by atoms with van der Waals surface area (Å²) in [4.78, 5) is 34.8. The average Bonchev–Trinajstić information content (AvgIpc) is 1.53. The van der Waals surface area contributed by atoms with Gasteiger partial charge in [-0.25, -0.2) is 0 Å². The molecule has 14 aliphatic heterocycles. The quantitative estimate of drug-likeness (QED) is 0.158. The van der Waals surface area contributed by atoms with Crippen LogP contribution in [0.15, 0.2) is 231 Å². The van der Waals surface area contributed by atoms with Crippen molar-refractivity contribution < 1.29 is 108 Å². The van der Waals surface area contributed by atoms with Crippen LogP contribution in [0.4, 0.5) is 13.2 Å². The molecule has 24 nitrogen and oxygen atoms in total. The SMILES string of the molecule is C1CO[Te]2(C1)CCCO2.COc1ccc2c(c1)CO[Se]21OCc2cc(OC)ccc21.COc1ccc2c(c1)CO[Se]2=O.Fc1ccc2c(c1)CO[Se]21OCc2cc(F)ccc21.O=C1O[Se](=O)c2ccccc21.O=C1O[Se]2(OC(=O)c3ccccc32)c2ccccc21.O=[Se]1OCc2cc(F)ccc21.O=[Te]1CCCO1.c1ccc2c(c1)CO[Se]21OCc2ccccc21. The van der Waals surface area contributed by atoms with Crippen LogP contribution in [0.5, 0.6) is 17.2 Å². The van der Waals surface area contributed by atoms with E-state index in [2.05, 4.69) is 64.5 Å². The van der Waals surface area contributed by atoms with Gasteiger partial charge in [0.25, 0.3) is 0 Å². The number of carbonyl (C=O) groups excluding carboxylic acids is 3. The van der Waals surface area contributed by atoms with Crippen molar-refractivity contribution in [2.24, 2.45) is 0 Å². The third-order valence-corrected chi connectivity index (χ3v) is 62.7. The molecule has 11 aromatic carbocycles. The van der Waals surface area contributed by atoms with Crippen molar-refractivity contribution in [2.45, 2.75) is 85.5 Å². The maximum atomic E-state index is 13.3. The Morgan fingerprint density at radius 2 is 0.704 bits per heavy atom. The van der Waals surface area contributed by atoms with E-state index in [1.807, 2.05) is 66.7 Å². The predicted molar refractivity (Wildman–Crippen MR) is 462 cm³/mol. The summed E-state index contributed by atoms with van der Waals surface area (Å²) in [6, 6.07) is 69.2. The zero-order valence-electron chi connectivity index (χ0n) is 67.1. The van der Waals surface area contributed by atoms with Crippen LogP contribution in [-0.4, -0.2) is 195 Å². The summed E-state index contributed by atoms with van der Waals surface area (Å²) in [6.07, 6.45) is 3.56. The predicted octanol–water partition coefficient (Wildman–Crippen LogP) is 7.20. The van der Waals surface area contributed by atoms with Gasteiger partial charge in [-0.2, -0.15) is 0 Å². The van der Waals surface area contributed by atoms with Gasteiger partial charge in [-0.15, -0.1) is 0 Å². The van der Waals surface area contributed by atoms with Crippen molar-refractivity contribution in [3.63, 3.8) is 0 Å². The molecule has 3 atom stereocenters. The van der Waals surface area contributed by atoms with E-state index in [-0.39, 0.29) is 17.5 Å².